The predicted molar refractivity (Wildman–Crippen MR) is 66.2 cm³/mol. The van der Waals surface area contributed by atoms with Crippen LogP contribution in [-0.2, 0) is 4.74 Å². The van der Waals surface area contributed by atoms with Crippen molar-refractivity contribution in [1.29, 1.82) is 0 Å². The molecule has 1 fully saturated rings. The first kappa shape index (κ1) is 11.8. The third-order valence-electron chi connectivity index (χ3n) is 3.63. The van der Waals surface area contributed by atoms with Crippen LogP contribution in [0.1, 0.15) is 17.9 Å². The summed E-state index contributed by atoms with van der Waals surface area (Å²) >= 11 is 0. The molecule has 1 unspecified atom stereocenters. The molecule has 98 valence electrons. The van der Waals surface area contributed by atoms with Gasteiger partial charge in [0, 0.05) is 18.3 Å². The Bertz CT molecular complexity index is 414. The predicted octanol–water partition coefficient (Wildman–Crippen LogP) is 1.57. The Kier molecular flexibility index (Phi) is 3.39. The minimum Gasteiger partial charge on any atom is -0.490 e. The number of hydrogen-bond acceptors (Lipinski definition) is 4. The van der Waals surface area contributed by atoms with Crippen molar-refractivity contribution in [1.82, 2.24) is 0 Å². The maximum atomic E-state index is 9.55. The molecule has 3 rings (SSSR count). The van der Waals surface area contributed by atoms with E-state index < -0.39 is 0 Å². The molecule has 0 aliphatic carbocycles. The SMILES string of the molecule is OCC(c1ccc2c(c1)OCCCO2)C1COC1. The molecule has 2 aliphatic rings. The van der Waals surface area contributed by atoms with Crippen molar-refractivity contribution in [3.63, 3.8) is 0 Å². The largest absolute Gasteiger partial charge is 0.490 e. The van der Waals surface area contributed by atoms with E-state index in [9.17, 15) is 5.11 Å². The standard InChI is InChI=1S/C14H18O4/c15-7-12(11-8-16-9-11)10-2-3-13-14(6-10)18-5-1-4-17-13/h2-3,6,11-12,15H,1,4-5,7-9H2. The summed E-state index contributed by atoms with van der Waals surface area (Å²) in [5.41, 5.74) is 1.11. The van der Waals surface area contributed by atoms with Crippen LogP contribution in [0, 0.1) is 5.92 Å². The van der Waals surface area contributed by atoms with Crippen LogP contribution >= 0.6 is 0 Å². The third-order valence-corrected chi connectivity index (χ3v) is 3.63. The fourth-order valence-electron chi connectivity index (χ4n) is 2.42. The monoisotopic (exact) mass is 250 g/mol. The van der Waals surface area contributed by atoms with Crippen molar-refractivity contribution in [3.8, 4) is 11.5 Å². The second-order valence-corrected chi connectivity index (χ2v) is 4.84. The van der Waals surface area contributed by atoms with Gasteiger partial charge in [0.1, 0.15) is 0 Å². The molecule has 0 aromatic heterocycles. The topological polar surface area (TPSA) is 47.9 Å². The van der Waals surface area contributed by atoms with Gasteiger partial charge in [-0.25, -0.2) is 0 Å². The van der Waals surface area contributed by atoms with Crippen LogP contribution in [0.2, 0.25) is 0 Å². The Morgan fingerprint density at radius 3 is 2.61 bits per heavy atom. The van der Waals surface area contributed by atoms with Crippen LogP contribution in [-0.4, -0.2) is 38.1 Å². The third kappa shape index (κ3) is 2.18. The molecule has 18 heavy (non-hydrogen) atoms. The van der Waals surface area contributed by atoms with E-state index in [4.69, 9.17) is 14.2 Å². The van der Waals surface area contributed by atoms with Crippen molar-refractivity contribution >= 4 is 0 Å². The van der Waals surface area contributed by atoms with Crippen LogP contribution in [0.15, 0.2) is 18.2 Å². The minimum atomic E-state index is 0.135. The molecule has 0 spiro atoms. The number of benzene rings is 1. The molecule has 4 heteroatoms. The Morgan fingerprint density at radius 1 is 1.17 bits per heavy atom. The lowest BCUT2D eigenvalue weighted by Gasteiger charge is -2.33. The summed E-state index contributed by atoms with van der Waals surface area (Å²) in [6, 6.07) is 5.96. The van der Waals surface area contributed by atoms with Gasteiger partial charge in [0.05, 0.1) is 33.0 Å². The van der Waals surface area contributed by atoms with Crippen molar-refractivity contribution in [2.45, 2.75) is 12.3 Å². The van der Waals surface area contributed by atoms with Gasteiger partial charge in [0.25, 0.3) is 0 Å². The molecule has 2 aliphatic heterocycles. The summed E-state index contributed by atoms with van der Waals surface area (Å²) in [7, 11) is 0. The lowest BCUT2D eigenvalue weighted by Crippen LogP contribution is -2.34. The zero-order chi connectivity index (χ0) is 12.4. The van der Waals surface area contributed by atoms with Crippen LogP contribution in [0.25, 0.3) is 0 Å². The minimum absolute atomic E-state index is 0.135. The molecule has 1 aromatic carbocycles. The molecule has 1 N–H and O–H groups in total. The summed E-state index contributed by atoms with van der Waals surface area (Å²) in [6.07, 6.45) is 0.907. The Labute approximate surface area is 106 Å². The van der Waals surface area contributed by atoms with E-state index in [2.05, 4.69) is 0 Å². The molecule has 0 amide bonds. The molecular weight excluding hydrogens is 232 g/mol. The highest BCUT2D eigenvalue weighted by Crippen LogP contribution is 2.36. The molecule has 2 heterocycles. The quantitative estimate of drug-likeness (QED) is 0.884. The number of aliphatic hydroxyl groups excluding tert-OH is 1. The second kappa shape index (κ2) is 5.16. The molecule has 1 atom stereocenters. The molecular formula is C14H18O4. The first-order valence-electron chi connectivity index (χ1n) is 6.46. The van der Waals surface area contributed by atoms with E-state index in [0.29, 0.717) is 19.1 Å². The van der Waals surface area contributed by atoms with Crippen LogP contribution in [0.4, 0.5) is 0 Å². The lowest BCUT2D eigenvalue weighted by atomic mass is 9.85. The Hall–Kier alpha value is -1.26. The summed E-state index contributed by atoms with van der Waals surface area (Å²) < 4.78 is 16.5. The fourth-order valence-corrected chi connectivity index (χ4v) is 2.42. The highest BCUT2D eigenvalue weighted by Gasteiger charge is 2.29. The lowest BCUT2D eigenvalue weighted by molar-refractivity contribution is -0.0527. The average Bonchev–Trinajstić information content (AvgIpc) is 2.57. The number of aliphatic hydroxyl groups is 1. The van der Waals surface area contributed by atoms with E-state index >= 15 is 0 Å². The fraction of sp³-hybridized carbons (Fsp3) is 0.571. The Balaban J connectivity index is 1.85. The summed E-state index contributed by atoms with van der Waals surface area (Å²) in [6.45, 7) is 3.01. The number of hydrogen-bond donors (Lipinski definition) is 1. The first-order chi connectivity index (χ1) is 8.88. The van der Waals surface area contributed by atoms with Crippen molar-refractivity contribution < 1.29 is 19.3 Å². The number of fused-ring (bicyclic) bond motifs is 1. The van der Waals surface area contributed by atoms with E-state index in [1.807, 2.05) is 18.2 Å². The first-order valence-corrected chi connectivity index (χ1v) is 6.46. The number of ether oxygens (including phenoxy) is 3. The summed E-state index contributed by atoms with van der Waals surface area (Å²) in [5.74, 6) is 2.15. The molecule has 4 nitrogen and oxygen atoms in total. The van der Waals surface area contributed by atoms with E-state index in [-0.39, 0.29) is 12.5 Å². The molecule has 0 bridgehead atoms. The van der Waals surface area contributed by atoms with Crippen molar-refractivity contribution in [2.24, 2.45) is 5.92 Å². The normalized spacial score (nSPS) is 20.9. The van der Waals surface area contributed by atoms with E-state index in [1.165, 1.54) is 0 Å². The average molecular weight is 250 g/mol. The van der Waals surface area contributed by atoms with Gasteiger partial charge in [0.2, 0.25) is 0 Å². The Morgan fingerprint density at radius 2 is 1.94 bits per heavy atom. The zero-order valence-corrected chi connectivity index (χ0v) is 10.3. The summed E-state index contributed by atoms with van der Waals surface area (Å²) in [4.78, 5) is 0. The molecule has 0 saturated carbocycles. The van der Waals surface area contributed by atoms with Gasteiger partial charge in [-0.1, -0.05) is 6.07 Å². The highest BCUT2D eigenvalue weighted by atomic mass is 16.5. The van der Waals surface area contributed by atoms with E-state index in [0.717, 1.165) is 36.7 Å². The van der Waals surface area contributed by atoms with Crippen molar-refractivity contribution in [2.75, 3.05) is 33.0 Å². The van der Waals surface area contributed by atoms with Crippen LogP contribution in [0.5, 0.6) is 11.5 Å². The zero-order valence-electron chi connectivity index (χ0n) is 10.3. The number of rotatable bonds is 3. The smallest absolute Gasteiger partial charge is 0.161 e. The van der Waals surface area contributed by atoms with Gasteiger partial charge in [0.15, 0.2) is 11.5 Å². The molecule has 1 saturated heterocycles. The van der Waals surface area contributed by atoms with Crippen LogP contribution < -0.4 is 9.47 Å². The van der Waals surface area contributed by atoms with E-state index in [1.54, 1.807) is 0 Å². The molecule has 1 aromatic rings. The van der Waals surface area contributed by atoms with Gasteiger partial charge in [-0.2, -0.15) is 0 Å². The van der Waals surface area contributed by atoms with Gasteiger partial charge >= 0.3 is 0 Å². The van der Waals surface area contributed by atoms with Gasteiger partial charge in [-0.05, 0) is 17.7 Å². The van der Waals surface area contributed by atoms with Gasteiger partial charge in [-0.15, -0.1) is 0 Å². The maximum Gasteiger partial charge on any atom is 0.161 e. The molecule has 0 radical (unpaired) electrons. The van der Waals surface area contributed by atoms with Gasteiger partial charge < -0.3 is 19.3 Å². The van der Waals surface area contributed by atoms with Gasteiger partial charge in [-0.3, -0.25) is 0 Å². The second-order valence-electron chi connectivity index (χ2n) is 4.84. The van der Waals surface area contributed by atoms with Crippen molar-refractivity contribution in [3.05, 3.63) is 23.8 Å². The van der Waals surface area contributed by atoms with Crippen LogP contribution in [0.3, 0.4) is 0 Å². The maximum absolute atomic E-state index is 9.55. The highest BCUT2D eigenvalue weighted by molar-refractivity contribution is 5.44. The summed E-state index contributed by atoms with van der Waals surface area (Å²) in [5, 5.41) is 9.55.